The molecule has 1 aromatic carbocycles. The Morgan fingerprint density at radius 3 is 2.54 bits per heavy atom. The van der Waals surface area contributed by atoms with Crippen molar-refractivity contribution in [1.29, 1.82) is 0 Å². The maximum atomic E-state index is 13.8. The van der Waals surface area contributed by atoms with Crippen molar-refractivity contribution in [1.82, 2.24) is 14.4 Å². The molecule has 0 unspecified atom stereocenters. The maximum Gasteiger partial charge on any atom is 0.250 e. The molecule has 4 aliphatic heterocycles. The zero-order valence-electron chi connectivity index (χ0n) is 21.7. The Kier molecular flexibility index (Phi) is 5.91. The van der Waals surface area contributed by atoms with Crippen LogP contribution in [0.4, 0.5) is 0 Å². The summed E-state index contributed by atoms with van der Waals surface area (Å²) in [5, 5.41) is 0. The molecule has 2 aromatic rings. The molecular formula is C31H41N3O. The highest BCUT2D eigenvalue weighted by Crippen LogP contribution is 2.45. The lowest BCUT2D eigenvalue weighted by Gasteiger charge is -2.58. The molecule has 4 atom stereocenters. The molecule has 1 aromatic heterocycles. The van der Waals surface area contributed by atoms with Gasteiger partial charge in [-0.3, -0.25) is 9.69 Å². The summed E-state index contributed by atoms with van der Waals surface area (Å²) in [5.74, 6) is 1.67. The lowest BCUT2D eigenvalue weighted by atomic mass is 9.67. The largest absolute Gasteiger partial charge is 0.344 e. The average Bonchev–Trinajstić information content (AvgIpc) is 3.28. The smallest absolute Gasteiger partial charge is 0.250 e. The van der Waals surface area contributed by atoms with E-state index in [1.165, 1.54) is 49.9 Å². The van der Waals surface area contributed by atoms with Crippen LogP contribution < -0.4 is 0 Å². The maximum absolute atomic E-state index is 13.8. The molecule has 186 valence electrons. The normalized spacial score (nSPS) is 30.3. The number of aromatic nitrogens is 1. The van der Waals surface area contributed by atoms with Gasteiger partial charge in [0.1, 0.15) is 0 Å². The van der Waals surface area contributed by atoms with Crippen LogP contribution in [0.25, 0.3) is 6.08 Å². The van der Waals surface area contributed by atoms with Crippen LogP contribution in [0.3, 0.4) is 0 Å². The monoisotopic (exact) mass is 471 g/mol. The van der Waals surface area contributed by atoms with E-state index in [1.807, 2.05) is 0 Å². The molecule has 4 heteroatoms. The number of carbonyl (C=O) groups excluding carboxylic acids is 1. The van der Waals surface area contributed by atoms with Gasteiger partial charge in [0.15, 0.2) is 0 Å². The molecule has 4 fully saturated rings. The van der Waals surface area contributed by atoms with Gasteiger partial charge in [-0.2, -0.15) is 0 Å². The van der Waals surface area contributed by atoms with Gasteiger partial charge < -0.3 is 9.47 Å². The number of amides is 1. The Morgan fingerprint density at radius 2 is 1.77 bits per heavy atom. The second-order valence-corrected chi connectivity index (χ2v) is 12.5. The van der Waals surface area contributed by atoms with Crippen molar-refractivity contribution >= 4 is 12.0 Å². The van der Waals surface area contributed by atoms with Gasteiger partial charge in [-0.1, -0.05) is 45.0 Å². The summed E-state index contributed by atoms with van der Waals surface area (Å²) in [6.45, 7) is 11.1. The van der Waals surface area contributed by atoms with E-state index in [-0.39, 0.29) is 5.41 Å². The van der Waals surface area contributed by atoms with Crippen LogP contribution in [-0.2, 0) is 16.8 Å². The number of benzene rings is 1. The zero-order chi connectivity index (χ0) is 24.2. The number of hydrogen-bond acceptors (Lipinski definition) is 2. The van der Waals surface area contributed by atoms with E-state index in [2.05, 4.69) is 83.8 Å². The molecule has 0 saturated carbocycles. The summed E-state index contributed by atoms with van der Waals surface area (Å²) in [7, 11) is 0. The summed E-state index contributed by atoms with van der Waals surface area (Å²) in [6.07, 6.45) is 11.6. The predicted octanol–water partition coefficient (Wildman–Crippen LogP) is 5.71. The molecule has 4 aliphatic rings. The fourth-order valence-electron chi connectivity index (χ4n) is 7.51. The summed E-state index contributed by atoms with van der Waals surface area (Å²) >= 11 is 0. The van der Waals surface area contributed by atoms with Crippen molar-refractivity contribution in [2.24, 2.45) is 11.8 Å². The molecular weight excluding hydrogens is 430 g/mol. The second kappa shape index (κ2) is 8.96. The molecule has 6 rings (SSSR count). The van der Waals surface area contributed by atoms with Crippen LogP contribution in [0.2, 0.25) is 0 Å². The predicted molar refractivity (Wildman–Crippen MR) is 142 cm³/mol. The Hall–Kier alpha value is -2.33. The third-order valence-electron chi connectivity index (χ3n) is 9.28. The lowest BCUT2D eigenvalue weighted by molar-refractivity contribution is -0.145. The lowest BCUT2D eigenvalue weighted by Crippen LogP contribution is -2.66. The summed E-state index contributed by atoms with van der Waals surface area (Å²) in [4.78, 5) is 18.8. The molecule has 4 nitrogen and oxygen atoms in total. The van der Waals surface area contributed by atoms with E-state index < -0.39 is 0 Å². The van der Waals surface area contributed by atoms with Crippen LogP contribution in [0.15, 0.2) is 48.2 Å². The molecule has 0 radical (unpaired) electrons. The van der Waals surface area contributed by atoms with Crippen LogP contribution in [0.5, 0.6) is 0 Å². The highest BCUT2D eigenvalue weighted by molar-refractivity contribution is 5.98. The van der Waals surface area contributed by atoms with Crippen molar-refractivity contribution in [2.45, 2.75) is 83.3 Å². The van der Waals surface area contributed by atoms with Crippen molar-refractivity contribution in [2.75, 3.05) is 19.6 Å². The summed E-state index contributed by atoms with van der Waals surface area (Å²) < 4.78 is 2.28. The molecule has 0 N–H and O–H groups in total. The van der Waals surface area contributed by atoms with Gasteiger partial charge in [-0.15, -0.1) is 0 Å². The van der Waals surface area contributed by atoms with Gasteiger partial charge in [0.05, 0.1) is 0 Å². The number of hydrogen-bond donors (Lipinski definition) is 0. The highest BCUT2D eigenvalue weighted by Gasteiger charge is 2.51. The molecule has 4 saturated heterocycles. The molecule has 1 amide bonds. The van der Waals surface area contributed by atoms with Crippen LogP contribution >= 0.6 is 0 Å². The quantitative estimate of drug-likeness (QED) is 0.536. The van der Waals surface area contributed by atoms with Gasteiger partial charge in [0.25, 0.3) is 0 Å². The first-order chi connectivity index (χ1) is 16.9. The minimum atomic E-state index is 0.169. The minimum absolute atomic E-state index is 0.169. The van der Waals surface area contributed by atoms with Gasteiger partial charge >= 0.3 is 0 Å². The van der Waals surface area contributed by atoms with E-state index in [9.17, 15) is 4.79 Å². The fraction of sp³-hybridized carbons (Fsp3) is 0.581. The van der Waals surface area contributed by atoms with Gasteiger partial charge in [0, 0.05) is 42.6 Å². The van der Waals surface area contributed by atoms with E-state index in [0.717, 1.165) is 43.2 Å². The summed E-state index contributed by atoms with van der Waals surface area (Å²) in [6, 6.07) is 14.4. The van der Waals surface area contributed by atoms with Crippen LogP contribution in [0, 0.1) is 11.8 Å². The summed E-state index contributed by atoms with van der Waals surface area (Å²) in [5.41, 5.74) is 4.98. The second-order valence-electron chi connectivity index (χ2n) is 12.5. The first kappa shape index (κ1) is 23.1. The first-order valence-electron chi connectivity index (χ1n) is 13.9. The van der Waals surface area contributed by atoms with Crippen molar-refractivity contribution in [3.63, 3.8) is 0 Å². The number of piperidine rings is 4. The Morgan fingerprint density at radius 1 is 1.00 bits per heavy atom. The van der Waals surface area contributed by atoms with Gasteiger partial charge in [-0.25, -0.2) is 0 Å². The minimum Gasteiger partial charge on any atom is -0.344 e. The zero-order valence-corrected chi connectivity index (χ0v) is 21.7. The van der Waals surface area contributed by atoms with Crippen molar-refractivity contribution in [3.8, 4) is 0 Å². The van der Waals surface area contributed by atoms with Crippen molar-refractivity contribution in [3.05, 3.63) is 65.0 Å². The molecule has 5 heterocycles. The Bertz CT molecular complexity index is 1100. The van der Waals surface area contributed by atoms with Gasteiger partial charge in [-0.05, 0) is 98.2 Å². The molecule has 0 spiro atoms. The molecule has 0 bridgehead atoms. The number of carbonyl (C=O) groups is 1. The van der Waals surface area contributed by atoms with Gasteiger partial charge in [0.2, 0.25) is 5.91 Å². The van der Waals surface area contributed by atoms with Crippen LogP contribution in [-0.4, -0.2) is 52.0 Å². The van der Waals surface area contributed by atoms with E-state index in [0.29, 0.717) is 23.8 Å². The third kappa shape index (κ3) is 4.28. The molecule has 35 heavy (non-hydrogen) atoms. The Labute approximate surface area is 211 Å². The van der Waals surface area contributed by atoms with Crippen molar-refractivity contribution < 1.29 is 4.79 Å². The van der Waals surface area contributed by atoms with E-state index in [4.69, 9.17) is 0 Å². The fourth-order valence-corrected chi connectivity index (χ4v) is 7.51. The van der Waals surface area contributed by atoms with E-state index in [1.54, 1.807) is 0 Å². The number of rotatable bonds is 3. The Balaban J connectivity index is 1.20. The third-order valence-corrected chi connectivity index (χ3v) is 9.28. The SMILES string of the molecule is CC(C)(C)c1ccc(Cn2cccc2/C=C2\CC[C@@H]3[C@H]4CCCN5CCC[C@H](CN3C2=O)[C@@H]45)cc1. The number of fused-ring (bicyclic) bond motifs is 2. The number of nitrogens with zero attached hydrogens (tertiary/aromatic N) is 3. The molecule has 0 aliphatic carbocycles. The standard InChI is InChI=1S/C31H41N3O/c1-31(2,3)25-13-10-22(11-14-25)20-33-18-5-8-26(33)19-23-12-15-28-27-9-6-17-32-16-4-7-24(29(27)32)21-34(28)30(23)35/h5,8,10-11,13-14,18-19,24,27-29H,4,6-7,9,12,15-17,20-21H2,1-3H3/b23-19+/t24-,27-,28-,29+/m1/s1. The van der Waals surface area contributed by atoms with E-state index >= 15 is 0 Å². The topological polar surface area (TPSA) is 28.5 Å². The first-order valence-corrected chi connectivity index (χ1v) is 13.9. The highest BCUT2D eigenvalue weighted by atomic mass is 16.2. The van der Waals surface area contributed by atoms with Crippen LogP contribution in [0.1, 0.15) is 76.1 Å². The average molecular weight is 472 g/mol.